The molecular formula is C54H70FN25O17S3. The number of hydrogen-bond donors (Lipinski definition) is 12. The number of hydrogen-bond acceptors (Lipinski definition) is 36. The van der Waals surface area contributed by atoms with Gasteiger partial charge < -0.3 is 97.2 Å². The number of azide groups is 1. The first-order chi connectivity index (χ1) is 47.7. The lowest BCUT2D eigenvalue weighted by Gasteiger charge is -2.14. The molecule has 0 aromatic carbocycles. The van der Waals surface area contributed by atoms with E-state index in [1.54, 1.807) is 30.1 Å². The van der Waals surface area contributed by atoms with Gasteiger partial charge in [-0.05, 0) is 31.5 Å². The first kappa shape index (κ1) is 75.0. The zero-order valence-corrected chi connectivity index (χ0v) is 55.8. The van der Waals surface area contributed by atoms with Crippen molar-refractivity contribution in [1.29, 1.82) is 0 Å². The van der Waals surface area contributed by atoms with Gasteiger partial charge in [-0.15, -0.1) is 11.8 Å². The monoisotopic (exact) mass is 1460 g/mol. The molecule has 5 fully saturated rings. The van der Waals surface area contributed by atoms with Crippen LogP contribution in [-0.4, -0.2) is 207 Å². The second-order valence-corrected chi connectivity index (χ2v) is 25.3. The fraction of sp³-hybridized carbons (Fsp3) is 0.481. The first-order valence-corrected chi connectivity index (χ1v) is 32.9. The topological polar surface area (TPSA) is 606 Å². The maximum atomic E-state index is 13.0. The van der Waals surface area contributed by atoms with E-state index in [0.717, 1.165) is 45.3 Å². The van der Waals surface area contributed by atoms with Crippen molar-refractivity contribution in [3.05, 3.63) is 142 Å². The average Bonchev–Trinajstić information content (AvgIpc) is 1.62. The number of nitrogens with one attached hydrogen (secondary N) is 1. The summed E-state index contributed by atoms with van der Waals surface area (Å²) in [7, 11) is 3.89. The molecule has 0 spiro atoms. The van der Waals surface area contributed by atoms with E-state index in [4.69, 9.17) is 88.2 Å². The van der Waals surface area contributed by atoms with E-state index in [2.05, 4.69) is 59.9 Å². The van der Waals surface area contributed by atoms with E-state index in [1.807, 2.05) is 42.6 Å². The third-order valence-electron chi connectivity index (χ3n) is 14.8. The fourth-order valence-corrected chi connectivity index (χ4v) is 12.5. The van der Waals surface area contributed by atoms with Gasteiger partial charge in [-0.3, -0.25) is 32.6 Å². The Morgan fingerprint density at radius 3 is 1.83 bits per heavy atom. The van der Waals surface area contributed by atoms with Crippen LogP contribution in [0.4, 0.5) is 39.4 Å². The summed E-state index contributed by atoms with van der Waals surface area (Å²) in [5.41, 5.74) is 33.7. The number of halogens is 1. The van der Waals surface area contributed by atoms with E-state index in [1.165, 1.54) is 62.0 Å². The highest BCUT2D eigenvalue weighted by Crippen LogP contribution is 2.34. The molecule has 0 bridgehead atoms. The van der Waals surface area contributed by atoms with Gasteiger partial charge in [0.1, 0.15) is 40.9 Å². The summed E-state index contributed by atoms with van der Waals surface area (Å²) in [6.07, 6.45) is 9.14. The highest BCUT2D eigenvalue weighted by Gasteiger charge is 2.36. The fourth-order valence-electron chi connectivity index (χ4n) is 10.0. The highest BCUT2D eigenvalue weighted by atomic mass is 32.2. The van der Waals surface area contributed by atoms with Crippen molar-refractivity contribution in [3.63, 3.8) is 0 Å². The molecule has 1 aliphatic carbocycles. The largest absolute Gasteiger partial charge is 0.394 e. The van der Waals surface area contributed by atoms with Gasteiger partial charge in [-0.1, -0.05) is 40.8 Å². The van der Waals surface area contributed by atoms with E-state index < -0.39 is 94.5 Å². The van der Waals surface area contributed by atoms with E-state index in [9.17, 15) is 33.5 Å². The lowest BCUT2D eigenvalue weighted by atomic mass is 10.1. The number of thioether (sulfide) groups is 3. The molecule has 8 aromatic heterocycles. The van der Waals surface area contributed by atoms with Gasteiger partial charge in [0.2, 0.25) is 17.2 Å². The van der Waals surface area contributed by atoms with Crippen LogP contribution in [0.1, 0.15) is 61.4 Å². The summed E-state index contributed by atoms with van der Waals surface area (Å²) < 4.78 is 53.1. The molecule has 0 radical (unpaired) electrons. The van der Waals surface area contributed by atoms with Crippen molar-refractivity contribution in [3.8, 4) is 0 Å². The van der Waals surface area contributed by atoms with Crippen LogP contribution in [-0.2, 0) is 28.4 Å². The van der Waals surface area contributed by atoms with Gasteiger partial charge in [0.05, 0.1) is 69.6 Å². The number of rotatable bonds is 11. The van der Waals surface area contributed by atoms with Crippen molar-refractivity contribution in [1.82, 2.24) is 77.2 Å². The Morgan fingerprint density at radius 2 is 1.27 bits per heavy atom. The van der Waals surface area contributed by atoms with Crippen molar-refractivity contribution < 1.29 is 63.5 Å². The van der Waals surface area contributed by atoms with Crippen LogP contribution in [0.25, 0.3) is 32.8 Å². The normalized spacial score (nSPS) is 24.9. The molecule has 17 N–H and O–H groups in total. The number of ether oxygens (including phenoxy) is 6. The number of imidazole rings is 2. The predicted octanol–water partition coefficient (Wildman–Crippen LogP) is -2.01. The zero-order valence-electron chi connectivity index (χ0n) is 53.3. The first-order valence-electron chi connectivity index (χ1n) is 29.8. The molecular weight excluding hydrogens is 1390 g/mol. The number of aromatic amines is 1. The molecule has 6 aliphatic rings. The number of nitrogens with zero attached hydrogens (tertiary/aromatic N) is 19. The Bertz CT molecular complexity index is 4560. The third kappa shape index (κ3) is 18.4. The molecule has 8 aromatic rings. The molecule has 538 valence electrons. The Morgan fingerprint density at radius 1 is 0.660 bits per heavy atom. The number of aliphatic hydroxyl groups excluding tert-OH is 6. The summed E-state index contributed by atoms with van der Waals surface area (Å²) >= 11 is 3.81. The number of nitrogen functional groups attached to an aromatic ring is 5. The van der Waals surface area contributed by atoms with Gasteiger partial charge in [0.25, 0.3) is 5.56 Å². The molecule has 0 amide bonds. The van der Waals surface area contributed by atoms with Crippen LogP contribution in [0.5, 0.6) is 0 Å². The number of nitrogens with two attached hydrogens (primary N) is 5. The lowest BCUT2D eigenvalue weighted by molar-refractivity contribution is -0.0980. The number of fused-ring (bicyclic) bond motifs is 2. The summed E-state index contributed by atoms with van der Waals surface area (Å²) in [4.78, 5) is 99.7. The van der Waals surface area contributed by atoms with E-state index >= 15 is 0 Å². The summed E-state index contributed by atoms with van der Waals surface area (Å²) in [5, 5.41) is 58.2. The minimum absolute atomic E-state index is 0.0572. The standard InChI is InChI=1S/C13H17N5O.C10H13N5O4.C9H12N6O3.C8H11N3O3S.C7H8FN3O3S.C7H9N3O3S/c1-8-15-12(17(2)3)11-13(16-8)18(7-14-11)9-4-5-10(19)6-9;1-5-3-15(10(18)12-9(5)17)8-2-6(13-14-11)7(4-16)19-8;10-7-6-8(14-9(11)13-7)15(3-12-6)4-2-17-5(1-16)18-4;9-5-1-2-11(8(13)10-5)6-4-15-7(3-12)14-6;8-3-1-11(6(12)10-5(3)9)4-2-15-7(13)14-4;8-4-1-2-10(6(11)9-4)5-3-14-7(12)13-5/h4-5,7,9-10,19H,6H2,1-3H3;3,6-8,16H,2,4H2,1H3,(H,12,17,18);3-5,16H,1-2H2,(H4,10,11,13,14);1-2,6-7,12H,3-4H2,(H2,9,10,13);1,4,7,13H,2H2,(H2,9,10,12);1-2,5,7,12H,3H2,(H2,8,9,11). The summed E-state index contributed by atoms with van der Waals surface area (Å²) in [5.74, 6) is 2.47. The Labute approximate surface area is 574 Å². The Kier molecular flexibility index (Phi) is 25.3. The molecule has 100 heavy (non-hydrogen) atoms. The second-order valence-electron chi connectivity index (χ2n) is 21.9. The molecule has 13 heterocycles. The maximum Gasteiger partial charge on any atom is 0.351 e. The Balaban J connectivity index is 0.000000141. The van der Waals surface area contributed by atoms with Gasteiger partial charge >= 0.3 is 22.8 Å². The van der Waals surface area contributed by atoms with Crippen LogP contribution in [0.3, 0.4) is 0 Å². The SMILES string of the molecule is Cc1cn(C2CC(N=[N+]=[N-])C(CO)O2)c(=O)[nH]c1=O.Cc1nc(N(C)C)c2ncn(C3C=CC(O)C3)c2n1.Nc1ccn(C2CSC(CO)O2)c(=O)n1.Nc1ccn(C2CSC(O)O2)c(=O)n1.Nc1nc(=O)n(C2CSC(O)O2)cc1F.Nc1nc(N)c2ncn(C3COC(CO)O3)c2n1. The molecule has 13 atom stereocenters. The lowest BCUT2D eigenvalue weighted by Crippen LogP contribution is -2.33. The van der Waals surface area contributed by atoms with Crippen LogP contribution in [0.15, 0.2) is 90.8 Å². The Hall–Kier alpha value is -9.23. The van der Waals surface area contributed by atoms with Crippen LogP contribution >= 0.6 is 35.3 Å². The molecule has 46 heteroatoms. The van der Waals surface area contributed by atoms with Gasteiger partial charge in [0, 0.05) is 73.3 Å². The van der Waals surface area contributed by atoms with Crippen molar-refractivity contribution in [2.75, 3.05) is 91.3 Å². The van der Waals surface area contributed by atoms with E-state index in [0.29, 0.717) is 47.0 Å². The number of anilines is 6. The zero-order chi connectivity index (χ0) is 72.2. The molecule has 13 unspecified atom stereocenters. The van der Waals surface area contributed by atoms with Crippen molar-refractivity contribution in [2.45, 2.75) is 105 Å². The van der Waals surface area contributed by atoms with Gasteiger partial charge in [0.15, 0.2) is 65.1 Å². The molecule has 42 nitrogen and oxygen atoms in total. The molecule has 5 aliphatic heterocycles. The number of aliphatic hydroxyl groups is 6. The number of aryl methyl sites for hydroxylation is 2. The molecule has 14 rings (SSSR count). The average molecular weight is 1460 g/mol. The summed E-state index contributed by atoms with van der Waals surface area (Å²) in [6, 6.07) is 2.63. The second kappa shape index (κ2) is 33.8. The van der Waals surface area contributed by atoms with Crippen molar-refractivity contribution in [2.24, 2.45) is 5.11 Å². The third-order valence-corrected chi connectivity index (χ3v) is 17.7. The minimum Gasteiger partial charge on any atom is -0.394 e. The smallest absolute Gasteiger partial charge is 0.351 e. The van der Waals surface area contributed by atoms with Gasteiger partial charge in [-0.25, -0.2) is 43.5 Å². The van der Waals surface area contributed by atoms with Crippen LogP contribution < -0.4 is 61.9 Å². The maximum absolute atomic E-state index is 13.0. The summed E-state index contributed by atoms with van der Waals surface area (Å²) in [6.45, 7) is 3.17. The predicted molar refractivity (Wildman–Crippen MR) is 358 cm³/mol. The molecule has 5 saturated heterocycles. The number of allylic oxidation sites excluding steroid dienone is 1. The van der Waals surface area contributed by atoms with Crippen molar-refractivity contribution >= 4 is 92.7 Å². The van der Waals surface area contributed by atoms with E-state index in [-0.39, 0.29) is 73.5 Å². The van der Waals surface area contributed by atoms with Gasteiger partial charge in [-0.2, -0.15) is 24.9 Å². The highest BCUT2D eigenvalue weighted by molar-refractivity contribution is 8.00. The minimum atomic E-state index is -0.998. The van der Waals surface area contributed by atoms with Crippen LogP contribution in [0.2, 0.25) is 0 Å². The molecule has 0 saturated carbocycles. The number of aromatic nitrogens is 16. The van der Waals surface area contributed by atoms with Crippen LogP contribution in [0, 0.1) is 19.7 Å². The number of H-pyrrole nitrogens is 1. The quantitative estimate of drug-likeness (QED) is 0.0288.